The zero-order valence-electron chi connectivity index (χ0n) is 11.2. The smallest absolute Gasteiger partial charge is 0.0605 e. The third-order valence-corrected chi connectivity index (χ3v) is 3.85. The lowest BCUT2D eigenvalue weighted by Crippen LogP contribution is -2.28. The van der Waals surface area contributed by atoms with E-state index in [1.807, 2.05) is 24.7 Å². The van der Waals surface area contributed by atoms with Crippen LogP contribution in [0, 0.1) is 0 Å². The second kappa shape index (κ2) is 5.49. The van der Waals surface area contributed by atoms with E-state index in [4.69, 9.17) is 0 Å². The molecule has 0 aliphatic heterocycles. The summed E-state index contributed by atoms with van der Waals surface area (Å²) in [6.07, 6.45) is 9.15. The molecule has 3 rings (SSSR count). The van der Waals surface area contributed by atoms with Gasteiger partial charge in [-0.2, -0.15) is 0 Å². The summed E-state index contributed by atoms with van der Waals surface area (Å²) in [6.45, 7) is 2.20. The van der Waals surface area contributed by atoms with Crippen LogP contribution in [0.25, 0.3) is 0 Å². The molecule has 0 aromatic carbocycles. The Bertz CT molecular complexity index is 539. The summed E-state index contributed by atoms with van der Waals surface area (Å²) in [5.74, 6) is 0. The number of rotatable bonds is 3. The molecule has 1 N–H and O–H groups in total. The first kappa shape index (κ1) is 12.3. The molecule has 3 nitrogen and oxygen atoms in total. The average molecular weight is 253 g/mol. The van der Waals surface area contributed by atoms with Crippen molar-refractivity contribution in [1.82, 2.24) is 15.3 Å². The van der Waals surface area contributed by atoms with Gasteiger partial charge in [-0.1, -0.05) is 6.07 Å². The van der Waals surface area contributed by atoms with Gasteiger partial charge in [0.1, 0.15) is 0 Å². The molecule has 2 heterocycles. The van der Waals surface area contributed by atoms with Crippen LogP contribution < -0.4 is 5.32 Å². The van der Waals surface area contributed by atoms with Crippen LogP contribution in [0.15, 0.2) is 42.9 Å². The van der Waals surface area contributed by atoms with E-state index in [0.29, 0.717) is 12.1 Å². The zero-order chi connectivity index (χ0) is 13.1. The second-order valence-electron chi connectivity index (χ2n) is 5.16. The van der Waals surface area contributed by atoms with Gasteiger partial charge >= 0.3 is 0 Å². The molecular weight excluding hydrogens is 234 g/mol. The summed E-state index contributed by atoms with van der Waals surface area (Å²) < 4.78 is 0. The van der Waals surface area contributed by atoms with E-state index in [1.165, 1.54) is 29.7 Å². The van der Waals surface area contributed by atoms with Crippen molar-refractivity contribution in [3.8, 4) is 0 Å². The first-order chi connectivity index (χ1) is 9.34. The molecule has 98 valence electrons. The van der Waals surface area contributed by atoms with Crippen LogP contribution in [0.5, 0.6) is 0 Å². The predicted octanol–water partition coefficient (Wildman–Crippen LogP) is 3.20. The van der Waals surface area contributed by atoms with Crippen molar-refractivity contribution in [2.24, 2.45) is 0 Å². The van der Waals surface area contributed by atoms with Crippen LogP contribution in [0.3, 0.4) is 0 Å². The van der Waals surface area contributed by atoms with E-state index >= 15 is 0 Å². The average Bonchev–Trinajstić information content (AvgIpc) is 2.48. The Morgan fingerprint density at radius 3 is 2.89 bits per heavy atom. The third-order valence-electron chi connectivity index (χ3n) is 3.85. The molecule has 0 saturated heterocycles. The minimum atomic E-state index is 0.320. The molecule has 2 atom stereocenters. The summed E-state index contributed by atoms with van der Waals surface area (Å²) in [6, 6.07) is 9.06. The topological polar surface area (TPSA) is 37.8 Å². The summed E-state index contributed by atoms with van der Waals surface area (Å²) in [5.41, 5.74) is 3.90. The number of pyridine rings is 2. The molecule has 3 heteroatoms. The number of hydrogen-bond acceptors (Lipinski definition) is 3. The van der Waals surface area contributed by atoms with Crippen LogP contribution >= 0.6 is 0 Å². The second-order valence-corrected chi connectivity index (χ2v) is 5.16. The summed E-state index contributed by atoms with van der Waals surface area (Å²) in [4.78, 5) is 8.64. The Balaban J connectivity index is 1.78. The van der Waals surface area contributed by atoms with Crippen molar-refractivity contribution in [3.63, 3.8) is 0 Å². The first-order valence-corrected chi connectivity index (χ1v) is 6.94. The van der Waals surface area contributed by atoms with Gasteiger partial charge in [-0.3, -0.25) is 9.97 Å². The highest BCUT2D eigenvalue weighted by Gasteiger charge is 2.22. The predicted molar refractivity (Wildman–Crippen MR) is 75.7 cm³/mol. The number of hydrogen-bond donors (Lipinski definition) is 1. The Morgan fingerprint density at radius 2 is 2.05 bits per heavy atom. The maximum absolute atomic E-state index is 4.57. The first-order valence-electron chi connectivity index (χ1n) is 6.94. The monoisotopic (exact) mass is 253 g/mol. The minimum Gasteiger partial charge on any atom is -0.302 e. The Labute approximate surface area is 114 Å². The quantitative estimate of drug-likeness (QED) is 0.912. The van der Waals surface area contributed by atoms with Gasteiger partial charge in [0.2, 0.25) is 0 Å². The molecule has 2 aromatic heterocycles. The van der Waals surface area contributed by atoms with Crippen molar-refractivity contribution in [2.45, 2.75) is 38.3 Å². The van der Waals surface area contributed by atoms with Gasteiger partial charge in [0.05, 0.1) is 11.7 Å². The van der Waals surface area contributed by atoms with Crippen LogP contribution in [0.4, 0.5) is 0 Å². The number of aromatic nitrogens is 2. The summed E-state index contributed by atoms with van der Waals surface area (Å²) in [7, 11) is 0. The van der Waals surface area contributed by atoms with Gasteiger partial charge in [0.25, 0.3) is 0 Å². The van der Waals surface area contributed by atoms with Crippen LogP contribution in [-0.2, 0) is 6.42 Å². The van der Waals surface area contributed by atoms with E-state index < -0.39 is 0 Å². The summed E-state index contributed by atoms with van der Waals surface area (Å²) >= 11 is 0. The Kier molecular flexibility index (Phi) is 3.56. The number of nitrogens with one attached hydrogen (secondary N) is 1. The molecule has 1 aliphatic carbocycles. The van der Waals surface area contributed by atoms with Crippen molar-refractivity contribution in [1.29, 1.82) is 0 Å². The van der Waals surface area contributed by atoms with Gasteiger partial charge in [0, 0.05) is 24.6 Å². The molecular formula is C16H19N3. The standard InChI is InChI=1S/C16H19N3/c1-12(13-7-10-17-11-8-13)19-15-6-2-4-14-5-3-9-18-16(14)15/h3,5,7-12,15,19H,2,4,6H2,1H3. The molecule has 0 radical (unpaired) electrons. The van der Waals surface area contributed by atoms with Gasteiger partial charge in [-0.25, -0.2) is 0 Å². The fourth-order valence-electron chi connectivity index (χ4n) is 2.82. The Hall–Kier alpha value is -1.74. The molecule has 0 amide bonds. The van der Waals surface area contributed by atoms with Gasteiger partial charge in [-0.05, 0) is 55.5 Å². The van der Waals surface area contributed by atoms with E-state index in [2.05, 4.69) is 40.4 Å². The normalized spacial score (nSPS) is 19.7. The largest absolute Gasteiger partial charge is 0.302 e. The van der Waals surface area contributed by atoms with Crippen LogP contribution in [-0.4, -0.2) is 9.97 Å². The van der Waals surface area contributed by atoms with Crippen molar-refractivity contribution in [3.05, 3.63) is 59.7 Å². The highest BCUT2D eigenvalue weighted by atomic mass is 15.0. The molecule has 0 saturated carbocycles. The molecule has 0 bridgehead atoms. The number of fused-ring (bicyclic) bond motifs is 1. The fourth-order valence-corrected chi connectivity index (χ4v) is 2.82. The molecule has 19 heavy (non-hydrogen) atoms. The van der Waals surface area contributed by atoms with Crippen LogP contribution in [0.1, 0.15) is 48.7 Å². The van der Waals surface area contributed by atoms with E-state index in [1.54, 1.807) is 0 Å². The van der Waals surface area contributed by atoms with Crippen molar-refractivity contribution >= 4 is 0 Å². The molecule has 1 aliphatic rings. The third kappa shape index (κ3) is 2.66. The lowest BCUT2D eigenvalue weighted by atomic mass is 9.91. The molecule has 0 spiro atoms. The highest BCUT2D eigenvalue weighted by molar-refractivity contribution is 5.26. The molecule has 0 fully saturated rings. The van der Waals surface area contributed by atoms with Crippen molar-refractivity contribution < 1.29 is 0 Å². The van der Waals surface area contributed by atoms with E-state index in [-0.39, 0.29) is 0 Å². The summed E-state index contributed by atoms with van der Waals surface area (Å²) in [5, 5.41) is 3.70. The molecule has 2 aromatic rings. The fraction of sp³-hybridized carbons (Fsp3) is 0.375. The number of aryl methyl sites for hydroxylation is 1. The van der Waals surface area contributed by atoms with E-state index in [0.717, 1.165) is 6.42 Å². The van der Waals surface area contributed by atoms with Gasteiger partial charge in [-0.15, -0.1) is 0 Å². The lowest BCUT2D eigenvalue weighted by Gasteiger charge is -2.28. The Morgan fingerprint density at radius 1 is 1.21 bits per heavy atom. The maximum atomic E-state index is 4.57. The highest BCUT2D eigenvalue weighted by Crippen LogP contribution is 2.29. The maximum Gasteiger partial charge on any atom is 0.0605 e. The minimum absolute atomic E-state index is 0.320. The molecule has 2 unspecified atom stereocenters. The lowest BCUT2D eigenvalue weighted by molar-refractivity contribution is 0.406. The van der Waals surface area contributed by atoms with Crippen molar-refractivity contribution in [2.75, 3.05) is 0 Å². The zero-order valence-corrected chi connectivity index (χ0v) is 11.2. The SMILES string of the molecule is CC(NC1CCCc2cccnc21)c1ccncc1. The van der Waals surface area contributed by atoms with Gasteiger partial charge in [0.15, 0.2) is 0 Å². The van der Waals surface area contributed by atoms with Crippen LogP contribution in [0.2, 0.25) is 0 Å². The van der Waals surface area contributed by atoms with Gasteiger partial charge < -0.3 is 5.32 Å². The number of nitrogens with zero attached hydrogens (tertiary/aromatic N) is 2. The van der Waals surface area contributed by atoms with E-state index in [9.17, 15) is 0 Å².